The SMILES string of the molecule is CCCO[Si](CBr)(CBr)OCCC. The van der Waals surface area contributed by atoms with Gasteiger partial charge in [0, 0.05) is 23.1 Å². The Balaban J connectivity index is 3.97. The molecule has 5 heteroatoms. The van der Waals surface area contributed by atoms with Crippen LogP contribution < -0.4 is 0 Å². The number of halogens is 2. The van der Waals surface area contributed by atoms with Crippen molar-refractivity contribution in [2.75, 3.05) is 23.1 Å². The van der Waals surface area contributed by atoms with Crippen molar-refractivity contribution in [3.63, 3.8) is 0 Å². The smallest absolute Gasteiger partial charge is 0.359 e. The van der Waals surface area contributed by atoms with Crippen LogP contribution in [-0.4, -0.2) is 31.7 Å². The molecule has 0 bridgehead atoms. The van der Waals surface area contributed by atoms with Gasteiger partial charge in [0.25, 0.3) is 0 Å². The van der Waals surface area contributed by atoms with Crippen LogP contribution >= 0.6 is 31.9 Å². The van der Waals surface area contributed by atoms with E-state index in [1.807, 2.05) is 0 Å². The zero-order valence-electron chi connectivity index (χ0n) is 8.32. The van der Waals surface area contributed by atoms with E-state index < -0.39 is 8.56 Å². The van der Waals surface area contributed by atoms with Gasteiger partial charge in [-0.25, -0.2) is 0 Å². The average molecular weight is 334 g/mol. The van der Waals surface area contributed by atoms with E-state index in [-0.39, 0.29) is 0 Å². The molecule has 0 aromatic heterocycles. The molecule has 0 aromatic rings. The van der Waals surface area contributed by atoms with E-state index in [0.29, 0.717) is 0 Å². The van der Waals surface area contributed by atoms with Gasteiger partial charge in [-0.05, 0) is 12.8 Å². The predicted molar refractivity (Wildman–Crippen MR) is 65.8 cm³/mol. The molecule has 0 unspecified atom stereocenters. The maximum atomic E-state index is 5.80. The van der Waals surface area contributed by atoms with Crippen molar-refractivity contribution >= 4 is 40.4 Å². The lowest BCUT2D eigenvalue weighted by molar-refractivity contribution is 0.178. The van der Waals surface area contributed by atoms with E-state index in [0.717, 1.165) is 36.0 Å². The van der Waals surface area contributed by atoms with Crippen molar-refractivity contribution in [2.45, 2.75) is 26.7 Å². The summed E-state index contributed by atoms with van der Waals surface area (Å²) in [7, 11) is -1.95. The molecular weight excluding hydrogens is 316 g/mol. The summed E-state index contributed by atoms with van der Waals surface area (Å²) in [6, 6.07) is 0. The fourth-order valence-corrected chi connectivity index (χ4v) is 7.15. The van der Waals surface area contributed by atoms with Crippen LogP contribution in [0.15, 0.2) is 0 Å². The van der Waals surface area contributed by atoms with E-state index in [4.69, 9.17) is 8.85 Å². The first-order valence-electron chi connectivity index (χ1n) is 4.64. The van der Waals surface area contributed by atoms with Gasteiger partial charge in [-0.1, -0.05) is 45.7 Å². The molecule has 0 heterocycles. The van der Waals surface area contributed by atoms with Crippen molar-refractivity contribution in [1.29, 1.82) is 0 Å². The summed E-state index contributed by atoms with van der Waals surface area (Å²) in [6.45, 7) is 5.82. The minimum absolute atomic E-state index is 0.799. The molecule has 0 fully saturated rings. The molecule has 2 nitrogen and oxygen atoms in total. The molecule has 0 aromatic carbocycles. The Kier molecular flexibility index (Phi) is 9.12. The second-order valence-electron chi connectivity index (χ2n) is 2.87. The molecular formula is C8H18Br2O2Si. The molecule has 0 saturated heterocycles. The van der Waals surface area contributed by atoms with E-state index in [1.54, 1.807) is 0 Å². The van der Waals surface area contributed by atoms with Gasteiger partial charge in [-0.15, -0.1) is 0 Å². The van der Waals surface area contributed by atoms with Crippen LogP contribution in [0, 0.1) is 0 Å². The zero-order valence-corrected chi connectivity index (χ0v) is 12.5. The van der Waals surface area contributed by atoms with Crippen LogP contribution in [0.25, 0.3) is 0 Å². The van der Waals surface area contributed by atoms with Gasteiger partial charge in [0.05, 0.1) is 0 Å². The van der Waals surface area contributed by atoms with Crippen molar-refractivity contribution in [3.8, 4) is 0 Å². The lowest BCUT2D eigenvalue weighted by atomic mass is 10.5. The maximum absolute atomic E-state index is 5.80. The average Bonchev–Trinajstić information content (AvgIpc) is 2.20. The highest BCUT2D eigenvalue weighted by Crippen LogP contribution is 2.15. The normalized spacial score (nSPS) is 12.0. The van der Waals surface area contributed by atoms with Gasteiger partial charge in [0.2, 0.25) is 0 Å². The Bertz CT molecular complexity index is 111. The monoisotopic (exact) mass is 332 g/mol. The third kappa shape index (κ3) is 5.52. The van der Waals surface area contributed by atoms with Crippen LogP contribution in [0.5, 0.6) is 0 Å². The molecule has 0 spiro atoms. The first-order chi connectivity index (χ1) is 6.24. The quantitative estimate of drug-likeness (QED) is 0.502. The second-order valence-corrected chi connectivity index (χ2v) is 9.17. The Morgan fingerprint density at radius 1 is 0.923 bits per heavy atom. The number of rotatable bonds is 8. The largest absolute Gasteiger partial charge is 0.393 e. The topological polar surface area (TPSA) is 18.5 Å². The molecule has 0 aliphatic carbocycles. The molecule has 0 radical (unpaired) electrons. The summed E-state index contributed by atoms with van der Waals surface area (Å²) in [4.78, 5) is 1.68. The zero-order chi connectivity index (χ0) is 10.2. The van der Waals surface area contributed by atoms with Crippen molar-refractivity contribution in [3.05, 3.63) is 0 Å². The van der Waals surface area contributed by atoms with Crippen LogP contribution in [0.2, 0.25) is 0 Å². The minimum atomic E-state index is -1.95. The van der Waals surface area contributed by atoms with Gasteiger partial charge >= 0.3 is 8.56 Å². The van der Waals surface area contributed by atoms with Gasteiger partial charge in [-0.2, -0.15) is 0 Å². The van der Waals surface area contributed by atoms with Gasteiger partial charge in [0.15, 0.2) is 0 Å². The third-order valence-electron chi connectivity index (χ3n) is 1.55. The van der Waals surface area contributed by atoms with E-state index in [1.165, 1.54) is 0 Å². The highest BCUT2D eigenvalue weighted by atomic mass is 79.9. The Morgan fingerprint density at radius 2 is 1.31 bits per heavy atom. The lowest BCUT2D eigenvalue weighted by Crippen LogP contribution is -2.47. The molecule has 13 heavy (non-hydrogen) atoms. The summed E-state index contributed by atoms with van der Waals surface area (Å²) in [5, 5.41) is 0. The molecule has 0 rings (SSSR count). The van der Waals surface area contributed by atoms with Gasteiger partial charge in [0.1, 0.15) is 0 Å². The van der Waals surface area contributed by atoms with E-state index in [2.05, 4.69) is 45.7 Å². The Morgan fingerprint density at radius 3 is 1.54 bits per heavy atom. The van der Waals surface area contributed by atoms with E-state index in [9.17, 15) is 0 Å². The lowest BCUT2D eigenvalue weighted by Gasteiger charge is -2.26. The van der Waals surface area contributed by atoms with Crippen molar-refractivity contribution < 1.29 is 8.85 Å². The highest BCUT2D eigenvalue weighted by molar-refractivity contribution is 9.10. The van der Waals surface area contributed by atoms with Crippen molar-refractivity contribution in [1.82, 2.24) is 0 Å². The highest BCUT2D eigenvalue weighted by Gasteiger charge is 2.35. The first-order valence-corrected chi connectivity index (χ1v) is 9.12. The molecule has 80 valence electrons. The number of alkyl halides is 2. The van der Waals surface area contributed by atoms with Gasteiger partial charge in [-0.3, -0.25) is 0 Å². The predicted octanol–water partition coefficient (Wildman–Crippen LogP) is 3.15. The molecule has 0 saturated carbocycles. The fraction of sp³-hybridized carbons (Fsp3) is 1.00. The fourth-order valence-electron chi connectivity index (χ4n) is 0.808. The number of hydrogen-bond acceptors (Lipinski definition) is 2. The molecule has 0 aliphatic heterocycles. The maximum Gasteiger partial charge on any atom is 0.359 e. The minimum Gasteiger partial charge on any atom is -0.393 e. The van der Waals surface area contributed by atoms with Crippen LogP contribution in [-0.2, 0) is 8.85 Å². The summed E-state index contributed by atoms with van der Waals surface area (Å²) in [6.07, 6.45) is 2.09. The van der Waals surface area contributed by atoms with Crippen LogP contribution in [0.1, 0.15) is 26.7 Å². The number of hydrogen-bond donors (Lipinski definition) is 0. The summed E-state index contributed by atoms with van der Waals surface area (Å²) in [5.74, 6) is 0. The van der Waals surface area contributed by atoms with Crippen LogP contribution in [0.4, 0.5) is 0 Å². The molecule has 0 atom stereocenters. The van der Waals surface area contributed by atoms with Crippen LogP contribution in [0.3, 0.4) is 0 Å². The molecule has 0 amide bonds. The van der Waals surface area contributed by atoms with Crippen molar-refractivity contribution in [2.24, 2.45) is 0 Å². The molecule has 0 N–H and O–H groups in total. The molecule has 0 aliphatic rings. The second kappa shape index (κ2) is 8.41. The standard InChI is InChI=1S/C8H18Br2O2Si/c1-3-5-11-13(7-9,8-10)12-6-4-2/h3-8H2,1-2H3. The Labute approximate surface area is 98.9 Å². The summed E-state index contributed by atoms with van der Waals surface area (Å²) in [5.41, 5.74) is 0. The third-order valence-corrected chi connectivity index (χ3v) is 8.95. The summed E-state index contributed by atoms with van der Waals surface area (Å²) < 4.78 is 11.6. The first kappa shape index (κ1) is 14.1. The van der Waals surface area contributed by atoms with Gasteiger partial charge < -0.3 is 8.85 Å². The van der Waals surface area contributed by atoms with E-state index >= 15 is 0 Å². The summed E-state index contributed by atoms with van der Waals surface area (Å²) >= 11 is 6.95. The Hall–Kier alpha value is 1.10.